The zero-order valence-electron chi connectivity index (χ0n) is 11.2. The second-order valence-corrected chi connectivity index (χ2v) is 4.15. The molecule has 1 aliphatic rings. The van der Waals surface area contributed by atoms with Gasteiger partial charge in [0.1, 0.15) is 18.3 Å². The Morgan fingerprint density at radius 1 is 1.00 bits per heavy atom. The summed E-state index contributed by atoms with van der Waals surface area (Å²) >= 11 is 0. The molecule has 0 bridgehead atoms. The van der Waals surface area contributed by atoms with Gasteiger partial charge in [0.05, 0.1) is 12.6 Å². The van der Waals surface area contributed by atoms with Gasteiger partial charge >= 0.3 is 69.5 Å². The summed E-state index contributed by atoms with van der Waals surface area (Å²) in [7, 11) is -4.67. The van der Waals surface area contributed by atoms with E-state index in [0.717, 1.165) is 0 Å². The summed E-state index contributed by atoms with van der Waals surface area (Å²) < 4.78 is 36.3. The predicted molar refractivity (Wildman–Crippen MR) is 52.1 cm³/mol. The third kappa shape index (κ3) is 15.5. The number of hydrogen-bond acceptors (Lipinski definition) is 8. The Kier molecular flexibility index (Phi) is 25.8. The molecule has 1 aliphatic heterocycles. The summed E-state index contributed by atoms with van der Waals surface area (Å²) in [4.78, 5) is 0. The van der Waals surface area contributed by atoms with E-state index < -0.39 is 47.6 Å². The molecule has 1 rings (SSSR count). The van der Waals surface area contributed by atoms with Gasteiger partial charge in [-0.1, -0.05) is 0 Å². The Labute approximate surface area is 178 Å². The van der Waals surface area contributed by atoms with E-state index in [0.29, 0.717) is 0 Å². The standard InChI is InChI=1S/C6H13NO5.2ClH.2Na.H2O4S/c7-3-5(10)4(9)2(1-8)12-6(3)11;;;;;1-5(2,3)4/h2-6,8-11H,1,7H2;2*1H;;;(H2,1,2,3,4)/q;;;2*+1;/p-2/t2-,3-,4-,5-,6?;;;;;/m1...../s1. The normalized spacial score (nSPS) is 30.9. The van der Waals surface area contributed by atoms with Gasteiger partial charge in [-0.15, -0.1) is 0 Å². The van der Waals surface area contributed by atoms with Crippen LogP contribution in [-0.4, -0.2) is 75.2 Å². The van der Waals surface area contributed by atoms with Crippen LogP contribution in [0.3, 0.4) is 0 Å². The van der Waals surface area contributed by atoms with E-state index in [-0.39, 0.29) is 83.9 Å². The molecule has 21 heavy (non-hydrogen) atoms. The quantitative estimate of drug-likeness (QED) is 0.166. The molecule has 0 aliphatic carbocycles. The van der Waals surface area contributed by atoms with Gasteiger partial charge < -0.3 is 55.7 Å². The van der Waals surface area contributed by atoms with Crippen LogP contribution in [0.1, 0.15) is 0 Å². The van der Waals surface area contributed by atoms with Crippen molar-refractivity contribution < 1.29 is 127 Å². The number of rotatable bonds is 1. The van der Waals surface area contributed by atoms with Crippen LogP contribution in [0.4, 0.5) is 0 Å². The number of ether oxygens (including phenoxy) is 1. The third-order valence-corrected chi connectivity index (χ3v) is 1.95. The maximum atomic E-state index is 9.20. The second kappa shape index (κ2) is 15.7. The summed E-state index contributed by atoms with van der Waals surface area (Å²) in [5.74, 6) is 0. The van der Waals surface area contributed by atoms with Crippen molar-refractivity contribution in [3.05, 3.63) is 0 Å². The van der Waals surface area contributed by atoms with Crippen molar-refractivity contribution in [1.29, 1.82) is 0 Å². The van der Waals surface area contributed by atoms with Crippen LogP contribution in [0, 0.1) is 0 Å². The van der Waals surface area contributed by atoms with Crippen molar-refractivity contribution in [1.82, 2.24) is 0 Å². The number of nitrogens with two attached hydrogens (primary N) is 1. The number of hydrogen-bond donors (Lipinski definition) is 7. The number of aliphatic hydroxyl groups excluding tert-OH is 4. The molecule has 1 fully saturated rings. The Balaban J connectivity index is -0.0000000844. The molecule has 8 N–H and O–H groups in total. The predicted octanol–water partition coefficient (Wildman–Crippen LogP) is -15.9. The molecule has 15 heteroatoms. The second-order valence-electron chi connectivity index (χ2n) is 3.25. The van der Waals surface area contributed by atoms with Crippen LogP contribution in [0.5, 0.6) is 0 Å². The Morgan fingerprint density at radius 3 is 1.62 bits per heavy atom. The molecule has 1 unspecified atom stereocenters. The fourth-order valence-corrected chi connectivity index (χ4v) is 1.12. The van der Waals surface area contributed by atoms with Crippen molar-refractivity contribution in [2.75, 3.05) is 6.61 Å². The van der Waals surface area contributed by atoms with E-state index >= 15 is 0 Å². The summed E-state index contributed by atoms with van der Waals surface area (Å²) in [6.45, 7) is -0.470. The average molecular weight is 394 g/mol. The first-order valence-corrected chi connectivity index (χ1v) is 5.73. The molecule has 0 aromatic rings. The Hall–Kier alpha value is 2.21. The van der Waals surface area contributed by atoms with Crippen LogP contribution >= 0.6 is 0 Å². The molecule has 120 valence electrons. The Bertz CT molecular complexity index is 325. The van der Waals surface area contributed by atoms with E-state index in [4.69, 9.17) is 38.2 Å². The SMILES string of the molecule is N[C@H]1C(O)O[C@H](CO)[C@@H](O)[C@@H]1O.O=S(=O)(O)O.[Cl-].[Cl-].[Na+].[Na+]. The zero-order chi connectivity index (χ0) is 13.8. The minimum Gasteiger partial charge on any atom is -1.00 e. The van der Waals surface area contributed by atoms with Crippen LogP contribution in [0.2, 0.25) is 0 Å². The summed E-state index contributed by atoms with van der Waals surface area (Å²) in [6, 6.07) is -1.04. The first-order valence-electron chi connectivity index (χ1n) is 4.34. The molecule has 1 saturated heterocycles. The maximum absolute atomic E-state index is 9.20. The fourth-order valence-electron chi connectivity index (χ4n) is 1.12. The molecule has 1 heterocycles. The summed E-state index contributed by atoms with van der Waals surface area (Å²) in [5.41, 5.74) is 5.26. The van der Waals surface area contributed by atoms with E-state index in [9.17, 15) is 10.2 Å². The van der Waals surface area contributed by atoms with E-state index in [1.54, 1.807) is 0 Å². The van der Waals surface area contributed by atoms with Crippen LogP contribution < -0.4 is 89.7 Å². The average Bonchev–Trinajstić information content (AvgIpc) is 2.18. The van der Waals surface area contributed by atoms with Gasteiger partial charge in [-0.3, -0.25) is 9.11 Å². The van der Waals surface area contributed by atoms with Crippen LogP contribution in [0.25, 0.3) is 0 Å². The zero-order valence-corrected chi connectivity index (χ0v) is 17.6. The number of halogens is 2. The van der Waals surface area contributed by atoms with E-state index in [2.05, 4.69) is 0 Å². The molecule has 0 amide bonds. The summed E-state index contributed by atoms with van der Waals surface area (Å²) in [6.07, 6.45) is -4.85. The molecule has 0 aromatic carbocycles. The Morgan fingerprint density at radius 2 is 1.33 bits per heavy atom. The smallest absolute Gasteiger partial charge is 1.00 e. The van der Waals surface area contributed by atoms with E-state index in [1.165, 1.54) is 0 Å². The maximum Gasteiger partial charge on any atom is 1.00 e. The summed E-state index contributed by atoms with van der Waals surface area (Å²) in [5, 5.41) is 36.1. The van der Waals surface area contributed by atoms with Crippen molar-refractivity contribution in [2.45, 2.75) is 30.6 Å². The molecule has 0 aromatic heterocycles. The molecule has 5 atom stereocenters. The largest absolute Gasteiger partial charge is 1.00 e. The van der Waals surface area contributed by atoms with Crippen molar-refractivity contribution in [3.63, 3.8) is 0 Å². The van der Waals surface area contributed by atoms with Gasteiger partial charge in [0, 0.05) is 0 Å². The molecular weight excluding hydrogens is 379 g/mol. The minimum absolute atomic E-state index is 0. The van der Waals surface area contributed by atoms with Gasteiger partial charge in [0.25, 0.3) is 0 Å². The third-order valence-electron chi connectivity index (χ3n) is 1.95. The van der Waals surface area contributed by atoms with E-state index in [1.807, 2.05) is 0 Å². The van der Waals surface area contributed by atoms with Gasteiger partial charge in [-0.25, -0.2) is 0 Å². The molecule has 0 radical (unpaired) electrons. The van der Waals surface area contributed by atoms with Crippen molar-refractivity contribution in [2.24, 2.45) is 5.73 Å². The van der Waals surface area contributed by atoms with Gasteiger partial charge in [0.15, 0.2) is 6.29 Å². The van der Waals surface area contributed by atoms with Crippen LogP contribution in [0.15, 0.2) is 0 Å². The fraction of sp³-hybridized carbons (Fsp3) is 1.00. The van der Waals surface area contributed by atoms with Gasteiger partial charge in [-0.2, -0.15) is 8.42 Å². The molecule has 0 saturated carbocycles. The monoisotopic (exact) mass is 393 g/mol. The molecule has 10 nitrogen and oxygen atoms in total. The first kappa shape index (κ1) is 34.5. The van der Waals surface area contributed by atoms with Crippen LogP contribution in [-0.2, 0) is 15.1 Å². The molecular formula is C6H15Cl2NNa2O9S. The van der Waals surface area contributed by atoms with Gasteiger partial charge in [-0.05, 0) is 0 Å². The van der Waals surface area contributed by atoms with Crippen molar-refractivity contribution in [3.8, 4) is 0 Å². The van der Waals surface area contributed by atoms with Crippen molar-refractivity contribution >= 4 is 10.4 Å². The minimum atomic E-state index is -4.67. The van der Waals surface area contributed by atoms with Gasteiger partial charge in [0.2, 0.25) is 0 Å². The first-order chi connectivity index (χ1) is 7.57. The molecule has 0 spiro atoms. The topological polar surface area (TPSA) is 191 Å². The number of aliphatic hydroxyl groups is 4.